The normalized spacial score (nSPS) is 10.1. The maximum atomic E-state index is 13.7. The molecule has 2 aromatic carbocycles. The van der Waals surface area contributed by atoms with Gasteiger partial charge in [0.1, 0.15) is 5.82 Å². The van der Waals surface area contributed by atoms with E-state index in [0.717, 1.165) is 11.4 Å². The van der Waals surface area contributed by atoms with Crippen LogP contribution in [0.2, 0.25) is 0 Å². The van der Waals surface area contributed by atoms with E-state index in [0.29, 0.717) is 10.8 Å². The lowest BCUT2D eigenvalue weighted by molar-refractivity contribution is 0.102. The second-order valence-corrected chi connectivity index (χ2v) is 6.10. The van der Waals surface area contributed by atoms with E-state index in [1.807, 2.05) is 19.2 Å². The number of halogens is 1. The highest BCUT2D eigenvalue weighted by Crippen LogP contribution is 2.17. The van der Waals surface area contributed by atoms with Crippen LogP contribution in [0.4, 0.5) is 21.5 Å². The van der Waals surface area contributed by atoms with Gasteiger partial charge in [-0.2, -0.15) is 0 Å². The Morgan fingerprint density at radius 2 is 1.67 bits per heavy atom. The third kappa shape index (κ3) is 4.65. The van der Waals surface area contributed by atoms with E-state index < -0.39 is 11.7 Å². The molecule has 0 saturated carbocycles. The first-order valence-electron chi connectivity index (χ1n) is 8.15. The highest BCUT2D eigenvalue weighted by molar-refractivity contribution is 7.80. The Kier molecular flexibility index (Phi) is 5.73. The number of carbonyl (C=O) groups is 1. The summed E-state index contributed by atoms with van der Waals surface area (Å²) in [6, 6.07) is 16.6. The minimum atomic E-state index is -0.558. The van der Waals surface area contributed by atoms with Crippen molar-refractivity contribution in [3.8, 4) is 0 Å². The third-order valence-electron chi connectivity index (χ3n) is 3.85. The van der Waals surface area contributed by atoms with Crippen LogP contribution in [0.5, 0.6) is 0 Å². The molecule has 0 bridgehead atoms. The SMILES string of the molecule is CN(C(=S)Nc1ccc(NC(=O)c2ccccc2F)cc1)c1cccnc1. The Morgan fingerprint density at radius 1 is 1.00 bits per heavy atom. The Morgan fingerprint density at radius 3 is 2.30 bits per heavy atom. The van der Waals surface area contributed by atoms with E-state index in [1.54, 1.807) is 47.6 Å². The van der Waals surface area contributed by atoms with Gasteiger partial charge in [-0.05, 0) is 60.7 Å². The monoisotopic (exact) mass is 380 g/mol. The van der Waals surface area contributed by atoms with E-state index in [-0.39, 0.29) is 5.56 Å². The van der Waals surface area contributed by atoms with Crippen LogP contribution in [0, 0.1) is 5.82 Å². The molecule has 136 valence electrons. The molecule has 7 heteroatoms. The van der Waals surface area contributed by atoms with Crippen LogP contribution < -0.4 is 15.5 Å². The summed E-state index contributed by atoms with van der Waals surface area (Å²) in [4.78, 5) is 18.0. The fourth-order valence-electron chi connectivity index (χ4n) is 2.36. The summed E-state index contributed by atoms with van der Waals surface area (Å²) in [6.07, 6.45) is 3.41. The van der Waals surface area contributed by atoms with Crippen LogP contribution in [0.3, 0.4) is 0 Å². The molecule has 3 rings (SSSR count). The molecule has 0 aliphatic carbocycles. The van der Waals surface area contributed by atoms with Crippen LogP contribution >= 0.6 is 12.2 Å². The van der Waals surface area contributed by atoms with Crippen LogP contribution in [0.1, 0.15) is 10.4 Å². The van der Waals surface area contributed by atoms with Gasteiger partial charge in [-0.3, -0.25) is 9.78 Å². The number of hydrogen-bond acceptors (Lipinski definition) is 3. The van der Waals surface area contributed by atoms with Gasteiger partial charge in [-0.25, -0.2) is 4.39 Å². The van der Waals surface area contributed by atoms with Gasteiger partial charge in [0, 0.05) is 24.6 Å². The number of amides is 1. The minimum Gasteiger partial charge on any atom is -0.332 e. The van der Waals surface area contributed by atoms with Crippen LogP contribution in [-0.2, 0) is 0 Å². The molecule has 0 radical (unpaired) electrons. The Labute approximate surface area is 161 Å². The van der Waals surface area contributed by atoms with Crippen molar-refractivity contribution in [2.24, 2.45) is 0 Å². The maximum Gasteiger partial charge on any atom is 0.258 e. The zero-order valence-electron chi connectivity index (χ0n) is 14.5. The lowest BCUT2D eigenvalue weighted by Gasteiger charge is -2.20. The number of anilines is 3. The van der Waals surface area contributed by atoms with E-state index >= 15 is 0 Å². The molecule has 1 aromatic heterocycles. The second-order valence-electron chi connectivity index (χ2n) is 5.71. The molecule has 5 nitrogen and oxygen atoms in total. The summed E-state index contributed by atoms with van der Waals surface area (Å²) < 4.78 is 13.7. The number of nitrogens with zero attached hydrogens (tertiary/aromatic N) is 2. The van der Waals surface area contributed by atoms with Crippen LogP contribution in [-0.4, -0.2) is 23.1 Å². The van der Waals surface area contributed by atoms with Gasteiger partial charge in [-0.1, -0.05) is 12.1 Å². The fourth-order valence-corrected chi connectivity index (χ4v) is 2.58. The lowest BCUT2D eigenvalue weighted by Crippen LogP contribution is -2.30. The van der Waals surface area contributed by atoms with Crippen molar-refractivity contribution in [1.82, 2.24) is 4.98 Å². The van der Waals surface area contributed by atoms with Crippen molar-refractivity contribution >= 4 is 40.3 Å². The summed E-state index contributed by atoms with van der Waals surface area (Å²) in [5, 5.41) is 6.29. The molecule has 0 atom stereocenters. The van der Waals surface area contributed by atoms with Crippen molar-refractivity contribution in [3.05, 3.63) is 84.4 Å². The molecule has 0 aliphatic rings. The first kappa shape index (κ1) is 18.5. The number of nitrogens with one attached hydrogen (secondary N) is 2. The van der Waals surface area contributed by atoms with Gasteiger partial charge in [0.25, 0.3) is 5.91 Å². The molecule has 27 heavy (non-hydrogen) atoms. The quantitative estimate of drug-likeness (QED) is 0.661. The number of aromatic nitrogens is 1. The Balaban J connectivity index is 1.63. The average molecular weight is 380 g/mol. The molecule has 1 heterocycles. The van der Waals surface area contributed by atoms with Gasteiger partial charge < -0.3 is 15.5 Å². The largest absolute Gasteiger partial charge is 0.332 e. The Bertz CT molecular complexity index is 948. The minimum absolute atomic E-state index is 0.000949. The molecule has 0 fully saturated rings. The van der Waals surface area contributed by atoms with Gasteiger partial charge in [0.05, 0.1) is 17.4 Å². The van der Waals surface area contributed by atoms with Crippen molar-refractivity contribution in [2.75, 3.05) is 22.6 Å². The van der Waals surface area contributed by atoms with Gasteiger partial charge >= 0.3 is 0 Å². The van der Waals surface area contributed by atoms with Crippen LogP contribution in [0.15, 0.2) is 73.1 Å². The number of rotatable bonds is 4. The summed E-state index contributed by atoms with van der Waals surface area (Å²) in [7, 11) is 1.84. The number of thiocarbonyl (C=S) groups is 1. The zero-order chi connectivity index (χ0) is 19.2. The molecule has 0 aliphatic heterocycles. The predicted molar refractivity (Wildman–Crippen MR) is 110 cm³/mol. The number of carbonyl (C=O) groups excluding carboxylic acids is 1. The van der Waals surface area contributed by atoms with Gasteiger partial charge in [0.2, 0.25) is 0 Å². The fraction of sp³-hybridized carbons (Fsp3) is 0.0500. The molecule has 2 N–H and O–H groups in total. The zero-order valence-corrected chi connectivity index (χ0v) is 15.3. The standard InChI is InChI=1S/C20H17FN4OS/c1-25(16-5-4-12-22-13-16)20(27)24-15-10-8-14(9-11-15)23-19(26)17-6-2-3-7-18(17)21/h2-13H,1H3,(H,23,26)(H,24,27). The van der Waals surface area contributed by atoms with Crippen molar-refractivity contribution in [1.29, 1.82) is 0 Å². The highest BCUT2D eigenvalue weighted by atomic mass is 32.1. The topological polar surface area (TPSA) is 57.3 Å². The lowest BCUT2D eigenvalue weighted by atomic mass is 10.2. The van der Waals surface area contributed by atoms with E-state index in [2.05, 4.69) is 15.6 Å². The van der Waals surface area contributed by atoms with E-state index in [4.69, 9.17) is 12.2 Å². The van der Waals surface area contributed by atoms with E-state index in [1.165, 1.54) is 18.2 Å². The first-order valence-corrected chi connectivity index (χ1v) is 8.56. The number of hydrogen-bond donors (Lipinski definition) is 2. The summed E-state index contributed by atoms with van der Waals surface area (Å²) in [6.45, 7) is 0. The van der Waals surface area contributed by atoms with Gasteiger partial charge in [-0.15, -0.1) is 0 Å². The predicted octanol–water partition coefficient (Wildman–Crippen LogP) is 4.31. The highest BCUT2D eigenvalue weighted by Gasteiger charge is 2.11. The number of pyridine rings is 1. The molecular formula is C20H17FN4OS. The molecule has 0 unspecified atom stereocenters. The summed E-state index contributed by atoms with van der Waals surface area (Å²) in [5.41, 5.74) is 2.18. The second kappa shape index (κ2) is 8.37. The maximum absolute atomic E-state index is 13.7. The molecular weight excluding hydrogens is 363 g/mol. The molecule has 0 saturated heterocycles. The molecule has 0 spiro atoms. The van der Waals surface area contributed by atoms with Crippen LogP contribution in [0.25, 0.3) is 0 Å². The smallest absolute Gasteiger partial charge is 0.258 e. The van der Waals surface area contributed by atoms with Crippen molar-refractivity contribution < 1.29 is 9.18 Å². The molecule has 3 aromatic rings. The Hall–Kier alpha value is -3.32. The van der Waals surface area contributed by atoms with Gasteiger partial charge in [0.15, 0.2) is 5.11 Å². The molecule has 1 amide bonds. The number of benzene rings is 2. The summed E-state index contributed by atoms with van der Waals surface area (Å²) >= 11 is 5.40. The first-order chi connectivity index (χ1) is 13.0. The van der Waals surface area contributed by atoms with Crippen molar-refractivity contribution in [3.63, 3.8) is 0 Å². The third-order valence-corrected chi connectivity index (χ3v) is 4.23. The van der Waals surface area contributed by atoms with Crippen molar-refractivity contribution in [2.45, 2.75) is 0 Å². The summed E-state index contributed by atoms with van der Waals surface area (Å²) in [5.74, 6) is -1.06. The average Bonchev–Trinajstić information content (AvgIpc) is 2.69. The van der Waals surface area contributed by atoms with E-state index in [9.17, 15) is 9.18 Å².